The predicted octanol–water partition coefficient (Wildman–Crippen LogP) is 3.40. The molecule has 3 rings (SSSR count). The molecule has 1 aliphatic rings. The van der Waals surface area contributed by atoms with E-state index >= 15 is 0 Å². The number of hydrogen-bond acceptors (Lipinski definition) is 5. The highest BCUT2D eigenvalue weighted by Crippen LogP contribution is 2.24. The smallest absolute Gasteiger partial charge is 0.131 e. The summed E-state index contributed by atoms with van der Waals surface area (Å²) in [7, 11) is 2.14. The van der Waals surface area contributed by atoms with Crippen LogP contribution in [0.25, 0.3) is 0 Å². The van der Waals surface area contributed by atoms with Gasteiger partial charge in [-0.3, -0.25) is 4.90 Å². The number of hydrogen-bond donors (Lipinski definition) is 0. The lowest BCUT2D eigenvalue weighted by atomic mass is 10.0. The molecular weight excluding hydrogens is 348 g/mol. The van der Waals surface area contributed by atoms with Crippen molar-refractivity contribution in [3.8, 4) is 0 Å². The molecule has 0 N–H and O–H groups in total. The molecule has 0 aliphatic carbocycles. The maximum Gasteiger partial charge on any atom is 0.131 e. The Bertz CT molecular complexity index is 574. The van der Waals surface area contributed by atoms with Crippen molar-refractivity contribution in [2.75, 3.05) is 25.0 Å². The minimum absolute atomic E-state index is 0.525. The molecule has 0 aromatic carbocycles. The van der Waals surface area contributed by atoms with Crippen LogP contribution in [0, 0.1) is 0 Å². The van der Waals surface area contributed by atoms with Crippen LogP contribution in [0.4, 0.5) is 5.82 Å². The van der Waals surface area contributed by atoms with Crippen LogP contribution in [-0.4, -0.2) is 41.0 Å². The molecule has 21 heavy (non-hydrogen) atoms. The van der Waals surface area contributed by atoms with Crippen molar-refractivity contribution in [1.29, 1.82) is 0 Å². The van der Waals surface area contributed by atoms with E-state index in [1.54, 1.807) is 6.33 Å². The minimum Gasteiger partial charge on any atom is -0.355 e. The maximum absolute atomic E-state index is 4.36. The van der Waals surface area contributed by atoms with E-state index in [1.165, 1.54) is 28.7 Å². The normalized spacial score (nSPS) is 19.6. The van der Waals surface area contributed by atoms with Crippen LogP contribution < -0.4 is 4.90 Å². The number of likely N-dealkylation sites (tertiary alicyclic amines) is 1. The number of rotatable bonds is 4. The highest BCUT2D eigenvalue weighted by atomic mass is 79.9. The topological polar surface area (TPSA) is 32.3 Å². The molecule has 4 nitrogen and oxygen atoms in total. The van der Waals surface area contributed by atoms with Crippen molar-refractivity contribution in [1.82, 2.24) is 14.9 Å². The molecule has 0 radical (unpaired) electrons. The molecule has 3 heterocycles. The lowest BCUT2D eigenvalue weighted by molar-refractivity contribution is 0.200. The average Bonchev–Trinajstić information content (AvgIpc) is 2.93. The van der Waals surface area contributed by atoms with Gasteiger partial charge in [-0.25, -0.2) is 9.97 Å². The summed E-state index contributed by atoms with van der Waals surface area (Å²) < 4.78 is 1.19. The summed E-state index contributed by atoms with van der Waals surface area (Å²) in [5.74, 6) is 1.01. The third-order valence-electron chi connectivity index (χ3n) is 3.96. The van der Waals surface area contributed by atoms with Gasteiger partial charge in [-0.15, -0.1) is 11.3 Å². The quantitative estimate of drug-likeness (QED) is 0.829. The Morgan fingerprint density at radius 3 is 3.14 bits per heavy atom. The molecule has 0 bridgehead atoms. The second-order valence-electron chi connectivity index (χ2n) is 5.44. The van der Waals surface area contributed by atoms with Gasteiger partial charge in [-0.2, -0.15) is 0 Å². The second-order valence-corrected chi connectivity index (χ2v) is 7.35. The molecule has 2 aromatic rings. The van der Waals surface area contributed by atoms with Gasteiger partial charge < -0.3 is 4.90 Å². The van der Waals surface area contributed by atoms with Crippen LogP contribution >= 0.6 is 27.3 Å². The molecule has 0 spiro atoms. The predicted molar refractivity (Wildman–Crippen MR) is 90.8 cm³/mol. The van der Waals surface area contributed by atoms with Crippen molar-refractivity contribution in [3.63, 3.8) is 0 Å². The molecule has 0 saturated carbocycles. The van der Waals surface area contributed by atoms with Gasteiger partial charge in [0.15, 0.2) is 0 Å². The van der Waals surface area contributed by atoms with Crippen molar-refractivity contribution < 1.29 is 0 Å². The summed E-state index contributed by atoms with van der Waals surface area (Å²) in [5.41, 5.74) is 0. The first-order valence-corrected chi connectivity index (χ1v) is 8.84. The molecular formula is C15H19BrN4S. The molecule has 1 aliphatic heterocycles. The van der Waals surface area contributed by atoms with E-state index < -0.39 is 0 Å². The fourth-order valence-corrected chi connectivity index (χ4v) is 4.32. The highest BCUT2D eigenvalue weighted by Gasteiger charge is 2.24. The van der Waals surface area contributed by atoms with Gasteiger partial charge in [-0.1, -0.05) is 0 Å². The summed E-state index contributed by atoms with van der Waals surface area (Å²) in [6, 6.07) is 4.73. The molecule has 1 saturated heterocycles. The molecule has 0 amide bonds. The summed E-state index contributed by atoms with van der Waals surface area (Å²) in [6.45, 7) is 3.32. The lowest BCUT2D eigenvalue weighted by Crippen LogP contribution is -2.46. The highest BCUT2D eigenvalue weighted by molar-refractivity contribution is 9.10. The first kappa shape index (κ1) is 14.9. The van der Waals surface area contributed by atoms with Gasteiger partial charge in [0.2, 0.25) is 0 Å². The number of nitrogens with zero attached hydrogens (tertiary/aromatic N) is 4. The third kappa shape index (κ3) is 3.81. The summed E-state index contributed by atoms with van der Waals surface area (Å²) in [6.07, 6.45) is 5.90. The van der Waals surface area contributed by atoms with Gasteiger partial charge in [0.1, 0.15) is 12.1 Å². The van der Waals surface area contributed by atoms with E-state index in [9.17, 15) is 0 Å². The zero-order valence-corrected chi connectivity index (χ0v) is 14.5. The third-order valence-corrected chi connectivity index (χ3v) is 5.64. The Hall–Kier alpha value is -0.980. The number of thiophene rings is 1. The SMILES string of the molecule is CN(c1ccncn1)C1CCCN(Cc2cc(Br)cs2)C1. The van der Waals surface area contributed by atoms with Crippen molar-refractivity contribution in [2.24, 2.45) is 0 Å². The molecule has 112 valence electrons. The van der Waals surface area contributed by atoms with Crippen LogP contribution in [0.1, 0.15) is 17.7 Å². The van der Waals surface area contributed by atoms with E-state index in [2.05, 4.69) is 54.2 Å². The first-order valence-electron chi connectivity index (χ1n) is 7.16. The van der Waals surface area contributed by atoms with E-state index in [-0.39, 0.29) is 0 Å². The zero-order chi connectivity index (χ0) is 14.7. The largest absolute Gasteiger partial charge is 0.355 e. The lowest BCUT2D eigenvalue weighted by Gasteiger charge is -2.38. The number of aromatic nitrogens is 2. The van der Waals surface area contributed by atoms with E-state index in [0.717, 1.165) is 18.9 Å². The Balaban J connectivity index is 1.63. The van der Waals surface area contributed by atoms with E-state index in [1.807, 2.05) is 23.6 Å². The van der Waals surface area contributed by atoms with Gasteiger partial charge in [0, 0.05) is 47.1 Å². The minimum atomic E-state index is 0.525. The Morgan fingerprint density at radius 2 is 2.43 bits per heavy atom. The summed E-state index contributed by atoms with van der Waals surface area (Å²) in [5, 5.41) is 2.16. The van der Waals surface area contributed by atoms with Crippen LogP contribution in [0.15, 0.2) is 34.5 Å². The van der Waals surface area contributed by atoms with Crippen molar-refractivity contribution in [2.45, 2.75) is 25.4 Å². The number of likely N-dealkylation sites (N-methyl/N-ethyl adjacent to an activating group) is 1. The number of halogens is 1. The Kier molecular flexibility index (Phi) is 4.87. The second kappa shape index (κ2) is 6.85. The molecule has 6 heteroatoms. The Labute approximate surface area is 138 Å². The standard InChI is InChI=1S/C15H19BrN4S/c1-19(15-4-5-17-11-18-15)13-3-2-6-20(8-13)9-14-7-12(16)10-21-14/h4-5,7,10-11,13H,2-3,6,8-9H2,1H3. The van der Waals surface area contributed by atoms with Crippen LogP contribution in [-0.2, 0) is 6.54 Å². The number of anilines is 1. The van der Waals surface area contributed by atoms with E-state index in [0.29, 0.717) is 6.04 Å². The van der Waals surface area contributed by atoms with Crippen molar-refractivity contribution in [3.05, 3.63) is 39.4 Å². The van der Waals surface area contributed by atoms with Gasteiger partial charge in [0.25, 0.3) is 0 Å². The number of piperidine rings is 1. The monoisotopic (exact) mass is 366 g/mol. The molecule has 1 unspecified atom stereocenters. The fraction of sp³-hybridized carbons (Fsp3) is 0.467. The molecule has 2 aromatic heterocycles. The average molecular weight is 367 g/mol. The van der Waals surface area contributed by atoms with Gasteiger partial charge in [-0.05, 0) is 47.4 Å². The van der Waals surface area contributed by atoms with Crippen molar-refractivity contribution >= 4 is 33.1 Å². The van der Waals surface area contributed by atoms with Crippen LogP contribution in [0.2, 0.25) is 0 Å². The molecule has 1 atom stereocenters. The molecule has 1 fully saturated rings. The first-order chi connectivity index (χ1) is 10.2. The van der Waals surface area contributed by atoms with E-state index in [4.69, 9.17) is 0 Å². The van der Waals surface area contributed by atoms with Gasteiger partial charge in [0.05, 0.1) is 0 Å². The van der Waals surface area contributed by atoms with Gasteiger partial charge >= 0.3 is 0 Å². The summed E-state index contributed by atoms with van der Waals surface area (Å²) in [4.78, 5) is 14.6. The summed E-state index contributed by atoms with van der Waals surface area (Å²) >= 11 is 5.36. The Morgan fingerprint density at radius 1 is 1.52 bits per heavy atom. The van der Waals surface area contributed by atoms with Crippen LogP contribution in [0.3, 0.4) is 0 Å². The zero-order valence-electron chi connectivity index (χ0n) is 12.1. The van der Waals surface area contributed by atoms with Crippen LogP contribution in [0.5, 0.6) is 0 Å². The maximum atomic E-state index is 4.36. The fourth-order valence-electron chi connectivity index (χ4n) is 2.83.